The van der Waals surface area contributed by atoms with Gasteiger partial charge >= 0.3 is 0 Å². The van der Waals surface area contributed by atoms with E-state index >= 15 is 0 Å². The molecule has 0 saturated carbocycles. The number of nitrogens with zero attached hydrogens (tertiary/aromatic N) is 1. The van der Waals surface area contributed by atoms with Gasteiger partial charge in [-0.15, -0.1) is 9.60 Å². The average Bonchev–Trinajstić information content (AvgIpc) is 2.14. The fraction of sp³-hybridized carbons (Fsp3) is 1.00. The summed E-state index contributed by atoms with van der Waals surface area (Å²) in [7, 11) is 0. The van der Waals surface area contributed by atoms with Crippen molar-refractivity contribution < 1.29 is 9.59 Å². The van der Waals surface area contributed by atoms with Gasteiger partial charge in [-0.05, 0) is 12.8 Å². The van der Waals surface area contributed by atoms with Crippen LogP contribution in [0.3, 0.4) is 0 Å². The Bertz CT molecular complexity index is 78.8. The fourth-order valence-electron chi connectivity index (χ4n) is 0.980. The maximum absolute atomic E-state index is 12.3. The third kappa shape index (κ3) is 0.980. The van der Waals surface area contributed by atoms with Gasteiger partial charge in [-0.1, -0.05) is 0 Å². The molecular formula is C5H10FNO. The van der Waals surface area contributed by atoms with Crippen LogP contribution in [-0.2, 0) is 0 Å². The molecule has 0 amide bonds. The molecule has 0 aliphatic carbocycles. The average molecular weight is 119 g/mol. The van der Waals surface area contributed by atoms with Gasteiger partial charge in [0.2, 0.25) is 0 Å². The van der Waals surface area contributed by atoms with E-state index in [1.807, 2.05) is 0 Å². The van der Waals surface area contributed by atoms with E-state index in [1.165, 1.54) is 0 Å². The molecule has 0 radical (unpaired) electrons. The van der Waals surface area contributed by atoms with Crippen molar-refractivity contribution in [3.8, 4) is 0 Å². The predicted molar refractivity (Wildman–Crippen MR) is 27.9 cm³/mol. The molecule has 0 bridgehead atoms. The van der Waals surface area contributed by atoms with Gasteiger partial charge in [0.1, 0.15) is 0 Å². The summed E-state index contributed by atoms with van der Waals surface area (Å²) in [5.74, 6) is 0. The molecule has 48 valence electrons. The topological polar surface area (TPSA) is 23.5 Å². The van der Waals surface area contributed by atoms with E-state index in [0.29, 0.717) is 11.7 Å². The van der Waals surface area contributed by atoms with Crippen molar-refractivity contribution in [3.05, 3.63) is 0 Å². The molecule has 1 rings (SSSR count). The summed E-state index contributed by atoms with van der Waals surface area (Å²) in [6.07, 6.45) is 1.68. The maximum atomic E-state index is 12.3. The number of aliphatic hydroxyl groups is 1. The van der Waals surface area contributed by atoms with E-state index in [-0.39, 0.29) is 12.6 Å². The van der Waals surface area contributed by atoms with Crippen molar-refractivity contribution >= 4 is 0 Å². The number of rotatable bonds is 1. The molecule has 2 nitrogen and oxygen atoms in total. The van der Waals surface area contributed by atoms with Gasteiger partial charge < -0.3 is 5.11 Å². The Morgan fingerprint density at radius 1 is 1.75 bits per heavy atom. The molecule has 8 heavy (non-hydrogen) atoms. The van der Waals surface area contributed by atoms with E-state index in [4.69, 9.17) is 5.11 Å². The minimum Gasteiger partial charge on any atom is -0.395 e. The first-order valence-electron chi connectivity index (χ1n) is 2.88. The Hall–Kier alpha value is -0.150. The molecule has 0 spiro atoms. The first-order chi connectivity index (χ1) is 3.84. The third-order valence-corrected chi connectivity index (χ3v) is 1.52. The molecule has 1 saturated heterocycles. The van der Waals surface area contributed by atoms with Gasteiger partial charge in [0.05, 0.1) is 12.6 Å². The quantitative estimate of drug-likeness (QED) is 0.503. The SMILES string of the molecule is OC[C@@H]1CCCN1F. The molecular weight excluding hydrogens is 109 g/mol. The van der Waals surface area contributed by atoms with Crippen molar-refractivity contribution in [1.82, 2.24) is 5.12 Å². The zero-order valence-electron chi connectivity index (χ0n) is 4.68. The monoisotopic (exact) mass is 119 g/mol. The van der Waals surface area contributed by atoms with Gasteiger partial charge in [-0.3, -0.25) is 0 Å². The standard InChI is InChI=1S/C5H10FNO/c6-7-3-1-2-5(7)4-8/h5,8H,1-4H2/t5-/m0/s1. The number of halogens is 1. The van der Waals surface area contributed by atoms with Crippen LogP contribution in [0.2, 0.25) is 0 Å². The van der Waals surface area contributed by atoms with Crippen LogP contribution < -0.4 is 0 Å². The normalized spacial score (nSPS) is 31.5. The lowest BCUT2D eigenvalue weighted by molar-refractivity contribution is -0.0107. The Morgan fingerprint density at radius 3 is 2.75 bits per heavy atom. The molecule has 0 unspecified atom stereocenters. The smallest absolute Gasteiger partial charge is 0.0633 e. The largest absolute Gasteiger partial charge is 0.395 e. The molecule has 0 aromatic rings. The maximum Gasteiger partial charge on any atom is 0.0633 e. The Morgan fingerprint density at radius 2 is 2.50 bits per heavy atom. The predicted octanol–water partition coefficient (Wildman–Crippen LogP) is 0.328. The van der Waals surface area contributed by atoms with E-state index < -0.39 is 0 Å². The van der Waals surface area contributed by atoms with Crippen molar-refractivity contribution in [3.63, 3.8) is 0 Å². The summed E-state index contributed by atoms with van der Waals surface area (Å²) in [5.41, 5.74) is 0. The van der Waals surface area contributed by atoms with Crippen LogP contribution in [0, 0.1) is 0 Å². The second kappa shape index (κ2) is 2.42. The van der Waals surface area contributed by atoms with Crippen molar-refractivity contribution in [1.29, 1.82) is 0 Å². The van der Waals surface area contributed by atoms with E-state index in [1.54, 1.807) is 0 Å². The first kappa shape index (κ1) is 5.98. The highest BCUT2D eigenvalue weighted by Crippen LogP contribution is 2.15. The zero-order chi connectivity index (χ0) is 5.98. The second-order valence-electron chi connectivity index (χ2n) is 2.10. The van der Waals surface area contributed by atoms with Crippen molar-refractivity contribution in [2.75, 3.05) is 13.2 Å². The molecule has 1 fully saturated rings. The van der Waals surface area contributed by atoms with E-state index in [2.05, 4.69) is 0 Å². The highest BCUT2D eigenvalue weighted by molar-refractivity contribution is 4.71. The summed E-state index contributed by atoms with van der Waals surface area (Å²) in [6, 6.07) is -0.213. The highest BCUT2D eigenvalue weighted by atomic mass is 19.2. The van der Waals surface area contributed by atoms with Gasteiger partial charge in [0.25, 0.3) is 0 Å². The Labute approximate surface area is 47.8 Å². The molecule has 3 heteroatoms. The third-order valence-electron chi connectivity index (χ3n) is 1.52. The molecule has 1 atom stereocenters. The fourth-order valence-corrected chi connectivity index (χ4v) is 0.980. The number of aliphatic hydroxyl groups excluding tert-OH is 1. The molecule has 1 heterocycles. The van der Waals surface area contributed by atoms with Crippen LogP contribution in [0.15, 0.2) is 0 Å². The Balaban J connectivity index is 2.30. The van der Waals surface area contributed by atoms with Crippen molar-refractivity contribution in [2.45, 2.75) is 18.9 Å². The Kier molecular flexibility index (Phi) is 1.81. The molecule has 1 aliphatic rings. The van der Waals surface area contributed by atoms with Gasteiger partial charge in [-0.2, -0.15) is 0 Å². The highest BCUT2D eigenvalue weighted by Gasteiger charge is 2.22. The van der Waals surface area contributed by atoms with Crippen molar-refractivity contribution in [2.24, 2.45) is 0 Å². The van der Waals surface area contributed by atoms with Crippen LogP contribution in [-0.4, -0.2) is 29.4 Å². The van der Waals surface area contributed by atoms with Gasteiger partial charge in [0.15, 0.2) is 0 Å². The lowest BCUT2D eigenvalue weighted by atomic mass is 10.2. The lowest BCUT2D eigenvalue weighted by Gasteiger charge is -2.09. The van der Waals surface area contributed by atoms with Crippen LogP contribution >= 0.6 is 0 Å². The summed E-state index contributed by atoms with van der Waals surface area (Å²) in [4.78, 5) is 0. The van der Waals surface area contributed by atoms with Crippen LogP contribution in [0.25, 0.3) is 0 Å². The summed E-state index contributed by atoms with van der Waals surface area (Å²) < 4.78 is 12.3. The zero-order valence-corrected chi connectivity index (χ0v) is 4.68. The molecule has 0 aromatic carbocycles. The van der Waals surface area contributed by atoms with E-state index in [9.17, 15) is 4.48 Å². The summed E-state index contributed by atoms with van der Waals surface area (Å²) in [5, 5.41) is 9.16. The molecule has 1 aliphatic heterocycles. The minimum absolute atomic E-state index is 0.0451. The molecule has 0 aromatic heterocycles. The number of hydrogen-bond donors (Lipinski definition) is 1. The van der Waals surface area contributed by atoms with Crippen LogP contribution in [0.5, 0.6) is 0 Å². The number of hydrogen-bond acceptors (Lipinski definition) is 2. The lowest BCUT2D eigenvalue weighted by Crippen LogP contribution is -2.24. The molecule has 1 N–H and O–H groups in total. The first-order valence-corrected chi connectivity index (χ1v) is 2.88. The summed E-state index contributed by atoms with van der Waals surface area (Å²) in [6.45, 7) is 0.446. The van der Waals surface area contributed by atoms with Gasteiger partial charge in [0, 0.05) is 6.54 Å². The second-order valence-corrected chi connectivity index (χ2v) is 2.10. The minimum atomic E-state index is -0.213. The van der Waals surface area contributed by atoms with E-state index in [0.717, 1.165) is 12.8 Å². The van der Waals surface area contributed by atoms with Crippen LogP contribution in [0.4, 0.5) is 4.48 Å². The van der Waals surface area contributed by atoms with Gasteiger partial charge in [-0.25, -0.2) is 0 Å². The summed E-state index contributed by atoms with van der Waals surface area (Å²) >= 11 is 0. The van der Waals surface area contributed by atoms with Crippen LogP contribution in [0.1, 0.15) is 12.8 Å².